The van der Waals surface area contributed by atoms with Crippen molar-refractivity contribution in [2.75, 3.05) is 17.2 Å². The molecule has 0 fully saturated rings. The first-order chi connectivity index (χ1) is 9.20. The minimum Gasteiger partial charge on any atom is -0.368 e. The van der Waals surface area contributed by atoms with Crippen molar-refractivity contribution in [2.45, 2.75) is 13.3 Å². The summed E-state index contributed by atoms with van der Waals surface area (Å²) in [5.41, 5.74) is 7.48. The van der Waals surface area contributed by atoms with E-state index in [1.54, 1.807) is 0 Å². The van der Waals surface area contributed by atoms with Gasteiger partial charge in [-0.3, -0.25) is 0 Å². The van der Waals surface area contributed by atoms with Crippen LogP contribution < -0.4 is 10.6 Å². The summed E-state index contributed by atoms with van der Waals surface area (Å²) in [6, 6.07) is 13.8. The van der Waals surface area contributed by atoms with Gasteiger partial charge in [0.2, 0.25) is 5.95 Å². The Balaban J connectivity index is 2.40. The smallest absolute Gasteiger partial charge is 0.222 e. The molecular formula is C14H15N5. The molecule has 2 rings (SSSR count). The summed E-state index contributed by atoms with van der Waals surface area (Å²) in [6.07, 6.45) is 0.415. The fourth-order valence-corrected chi connectivity index (χ4v) is 1.86. The normalized spacial score (nSPS) is 9.89. The van der Waals surface area contributed by atoms with Crippen LogP contribution in [0, 0.1) is 18.3 Å². The second kappa shape index (κ2) is 5.83. The molecular weight excluding hydrogens is 238 g/mol. The maximum absolute atomic E-state index is 8.78. The lowest BCUT2D eigenvalue weighted by Crippen LogP contribution is -2.20. The SMILES string of the molecule is Cc1cc(N(CCC#N)c2ccccc2)nc(N)n1. The third-order valence-electron chi connectivity index (χ3n) is 2.65. The molecule has 19 heavy (non-hydrogen) atoms. The van der Waals surface area contributed by atoms with Gasteiger partial charge in [0.15, 0.2) is 0 Å². The summed E-state index contributed by atoms with van der Waals surface area (Å²) in [6.45, 7) is 2.44. The van der Waals surface area contributed by atoms with Crippen molar-refractivity contribution in [3.05, 3.63) is 42.1 Å². The van der Waals surface area contributed by atoms with Gasteiger partial charge in [0.25, 0.3) is 0 Å². The van der Waals surface area contributed by atoms with Gasteiger partial charge in [-0.05, 0) is 19.1 Å². The van der Waals surface area contributed by atoms with Crippen LogP contribution in [0.3, 0.4) is 0 Å². The van der Waals surface area contributed by atoms with Gasteiger partial charge in [-0.1, -0.05) is 18.2 Å². The van der Waals surface area contributed by atoms with Crippen molar-refractivity contribution in [2.24, 2.45) is 0 Å². The van der Waals surface area contributed by atoms with Crippen molar-refractivity contribution >= 4 is 17.5 Å². The Morgan fingerprint density at radius 3 is 2.63 bits per heavy atom. The van der Waals surface area contributed by atoms with Gasteiger partial charge >= 0.3 is 0 Å². The molecule has 0 aliphatic rings. The predicted molar refractivity (Wildman–Crippen MR) is 74.9 cm³/mol. The molecule has 5 nitrogen and oxygen atoms in total. The van der Waals surface area contributed by atoms with E-state index in [2.05, 4.69) is 16.0 Å². The molecule has 1 aromatic heterocycles. The van der Waals surface area contributed by atoms with Crippen LogP contribution in [0.15, 0.2) is 36.4 Å². The van der Waals surface area contributed by atoms with E-state index in [4.69, 9.17) is 11.0 Å². The van der Waals surface area contributed by atoms with Crippen molar-refractivity contribution < 1.29 is 0 Å². The number of hydrogen-bond acceptors (Lipinski definition) is 5. The van der Waals surface area contributed by atoms with Crippen molar-refractivity contribution in [1.29, 1.82) is 5.26 Å². The molecule has 2 aromatic rings. The van der Waals surface area contributed by atoms with Gasteiger partial charge in [-0.2, -0.15) is 10.2 Å². The van der Waals surface area contributed by atoms with Gasteiger partial charge in [0, 0.05) is 24.0 Å². The zero-order valence-corrected chi connectivity index (χ0v) is 10.7. The highest BCUT2D eigenvalue weighted by Gasteiger charge is 2.11. The summed E-state index contributed by atoms with van der Waals surface area (Å²) in [4.78, 5) is 10.3. The zero-order chi connectivity index (χ0) is 13.7. The van der Waals surface area contributed by atoms with Gasteiger partial charge in [-0.15, -0.1) is 0 Å². The summed E-state index contributed by atoms with van der Waals surface area (Å²) in [7, 11) is 0. The first kappa shape index (κ1) is 12.8. The number of nitrogens with two attached hydrogens (primary N) is 1. The minimum absolute atomic E-state index is 0.243. The number of rotatable bonds is 4. The average molecular weight is 253 g/mol. The number of nitrogens with zero attached hydrogens (tertiary/aromatic N) is 4. The molecule has 0 aliphatic heterocycles. The van der Waals surface area contributed by atoms with Crippen LogP contribution in [-0.2, 0) is 0 Å². The average Bonchev–Trinajstić information content (AvgIpc) is 2.39. The van der Waals surface area contributed by atoms with Crippen molar-refractivity contribution in [3.63, 3.8) is 0 Å². The zero-order valence-electron chi connectivity index (χ0n) is 10.7. The molecule has 1 heterocycles. The molecule has 0 radical (unpaired) electrons. The molecule has 0 aliphatic carbocycles. The Hall–Kier alpha value is -2.61. The lowest BCUT2D eigenvalue weighted by Gasteiger charge is -2.23. The number of anilines is 3. The van der Waals surface area contributed by atoms with E-state index in [0.717, 1.165) is 11.4 Å². The van der Waals surface area contributed by atoms with Crippen LogP contribution in [0.5, 0.6) is 0 Å². The summed E-state index contributed by atoms with van der Waals surface area (Å²) >= 11 is 0. The van der Waals surface area contributed by atoms with Crippen LogP contribution in [-0.4, -0.2) is 16.5 Å². The highest BCUT2D eigenvalue weighted by atomic mass is 15.2. The topological polar surface area (TPSA) is 78.8 Å². The third-order valence-corrected chi connectivity index (χ3v) is 2.65. The first-order valence-electron chi connectivity index (χ1n) is 6.01. The Morgan fingerprint density at radius 2 is 2.00 bits per heavy atom. The van der Waals surface area contributed by atoms with E-state index in [1.165, 1.54) is 0 Å². The van der Waals surface area contributed by atoms with Gasteiger partial charge < -0.3 is 10.6 Å². The van der Waals surface area contributed by atoms with Gasteiger partial charge in [0.05, 0.1) is 12.5 Å². The van der Waals surface area contributed by atoms with Crippen LogP contribution in [0.2, 0.25) is 0 Å². The van der Waals surface area contributed by atoms with Crippen LogP contribution in [0.25, 0.3) is 0 Å². The number of nitrogen functional groups attached to an aromatic ring is 1. The molecule has 0 amide bonds. The molecule has 0 saturated carbocycles. The number of benzene rings is 1. The highest BCUT2D eigenvalue weighted by molar-refractivity contribution is 5.60. The number of hydrogen-bond donors (Lipinski definition) is 1. The second-order valence-electron chi connectivity index (χ2n) is 4.12. The summed E-state index contributed by atoms with van der Waals surface area (Å²) in [5.74, 6) is 0.958. The molecule has 0 unspecified atom stereocenters. The Kier molecular flexibility index (Phi) is 3.94. The van der Waals surface area contributed by atoms with Crippen LogP contribution in [0.1, 0.15) is 12.1 Å². The van der Waals surface area contributed by atoms with Crippen LogP contribution in [0.4, 0.5) is 17.5 Å². The molecule has 5 heteroatoms. The lowest BCUT2D eigenvalue weighted by atomic mass is 10.2. The fourth-order valence-electron chi connectivity index (χ4n) is 1.86. The molecule has 2 N–H and O–H groups in total. The summed E-state index contributed by atoms with van der Waals surface area (Å²) < 4.78 is 0. The van der Waals surface area contributed by atoms with E-state index in [9.17, 15) is 0 Å². The summed E-state index contributed by atoms with van der Waals surface area (Å²) in [5, 5.41) is 8.78. The Bertz CT molecular complexity index is 568. The molecule has 1 aromatic carbocycles. The Labute approximate surface area is 112 Å². The van der Waals surface area contributed by atoms with Gasteiger partial charge in [-0.25, -0.2) is 4.98 Å². The molecule has 0 saturated heterocycles. The molecule has 96 valence electrons. The highest BCUT2D eigenvalue weighted by Crippen LogP contribution is 2.24. The third kappa shape index (κ3) is 3.19. The largest absolute Gasteiger partial charge is 0.368 e. The van der Waals surface area contributed by atoms with E-state index in [-0.39, 0.29) is 5.95 Å². The second-order valence-corrected chi connectivity index (χ2v) is 4.12. The molecule has 0 atom stereocenters. The molecule has 0 bridgehead atoms. The van der Waals surface area contributed by atoms with E-state index in [0.29, 0.717) is 18.8 Å². The van der Waals surface area contributed by atoms with Crippen molar-refractivity contribution in [3.8, 4) is 6.07 Å². The number of aromatic nitrogens is 2. The first-order valence-corrected chi connectivity index (χ1v) is 6.01. The number of nitriles is 1. The van der Waals surface area contributed by atoms with E-state index < -0.39 is 0 Å². The maximum Gasteiger partial charge on any atom is 0.222 e. The lowest BCUT2D eigenvalue weighted by molar-refractivity contribution is 0.918. The fraction of sp³-hybridized carbons (Fsp3) is 0.214. The number of aryl methyl sites for hydroxylation is 1. The predicted octanol–water partition coefficient (Wildman–Crippen LogP) is 2.42. The maximum atomic E-state index is 8.78. The number of para-hydroxylation sites is 1. The van der Waals surface area contributed by atoms with E-state index in [1.807, 2.05) is 48.2 Å². The van der Waals surface area contributed by atoms with Crippen molar-refractivity contribution in [1.82, 2.24) is 9.97 Å². The standard InChI is InChI=1S/C14H15N5/c1-11-10-13(18-14(16)17-11)19(9-5-8-15)12-6-3-2-4-7-12/h2-4,6-7,10H,5,9H2,1H3,(H2,16,17,18). The van der Waals surface area contributed by atoms with E-state index >= 15 is 0 Å². The van der Waals surface area contributed by atoms with Crippen LogP contribution >= 0.6 is 0 Å². The Morgan fingerprint density at radius 1 is 1.26 bits per heavy atom. The van der Waals surface area contributed by atoms with Gasteiger partial charge in [0.1, 0.15) is 5.82 Å². The minimum atomic E-state index is 0.243. The quantitative estimate of drug-likeness (QED) is 0.905. The monoisotopic (exact) mass is 253 g/mol. The molecule has 0 spiro atoms.